The molecule has 108 valence electrons. The zero-order valence-corrected chi connectivity index (χ0v) is 12.5. The molecule has 0 saturated carbocycles. The van der Waals surface area contributed by atoms with Crippen molar-refractivity contribution in [1.82, 2.24) is 19.7 Å². The van der Waals surface area contributed by atoms with Gasteiger partial charge in [-0.3, -0.25) is 9.48 Å². The molecule has 0 aliphatic heterocycles. The summed E-state index contributed by atoms with van der Waals surface area (Å²) in [4.78, 5) is 13.2. The molecule has 5 nitrogen and oxygen atoms in total. The molecular formula is C15H16N4OS. The number of nitrogens with zero attached hydrogens (tertiary/aromatic N) is 3. The molecule has 0 atom stereocenters. The van der Waals surface area contributed by atoms with E-state index in [1.807, 2.05) is 59.7 Å². The summed E-state index contributed by atoms with van der Waals surface area (Å²) in [6.45, 7) is 1.34. The van der Waals surface area contributed by atoms with Crippen molar-refractivity contribution in [3.8, 4) is 10.6 Å². The summed E-state index contributed by atoms with van der Waals surface area (Å²) in [6.07, 6.45) is 3.95. The fourth-order valence-corrected chi connectivity index (χ4v) is 2.91. The normalized spacial score (nSPS) is 10.7. The first-order chi connectivity index (χ1) is 10.2. The van der Waals surface area contributed by atoms with Crippen LogP contribution in [0.2, 0.25) is 0 Å². The lowest BCUT2D eigenvalue weighted by molar-refractivity contribution is 0.0946. The van der Waals surface area contributed by atoms with Gasteiger partial charge in [-0.1, -0.05) is 6.07 Å². The van der Waals surface area contributed by atoms with Crippen LogP contribution in [0.3, 0.4) is 0 Å². The molecule has 3 rings (SSSR count). The quantitative estimate of drug-likeness (QED) is 0.786. The lowest BCUT2D eigenvalue weighted by atomic mass is 10.3. The number of carbonyl (C=O) groups is 1. The highest BCUT2D eigenvalue weighted by atomic mass is 32.1. The van der Waals surface area contributed by atoms with E-state index in [1.54, 1.807) is 16.0 Å². The summed E-state index contributed by atoms with van der Waals surface area (Å²) >= 11 is 1.64. The molecule has 1 amide bonds. The molecule has 0 radical (unpaired) electrons. The van der Waals surface area contributed by atoms with E-state index in [-0.39, 0.29) is 5.91 Å². The minimum absolute atomic E-state index is 0.138. The third kappa shape index (κ3) is 3.05. The maximum Gasteiger partial charge on any atom is 0.271 e. The summed E-state index contributed by atoms with van der Waals surface area (Å²) in [5, 5.41) is 9.19. The highest BCUT2D eigenvalue weighted by molar-refractivity contribution is 7.13. The molecule has 3 aromatic rings. The van der Waals surface area contributed by atoms with E-state index in [0.29, 0.717) is 12.2 Å². The molecule has 0 aliphatic rings. The van der Waals surface area contributed by atoms with Crippen molar-refractivity contribution in [2.75, 3.05) is 6.54 Å². The summed E-state index contributed by atoms with van der Waals surface area (Å²) in [5.41, 5.74) is 1.41. The standard InChI is InChI=1S/C15H16N4OS/c1-18-13(14-5-4-10-21-14)11-12(17-18)15(20)16-6-9-19-7-2-3-8-19/h2-5,7-8,10-11H,6,9H2,1H3,(H,16,20). The number of rotatable bonds is 5. The molecule has 3 aromatic heterocycles. The number of nitrogens with one attached hydrogen (secondary N) is 1. The van der Waals surface area contributed by atoms with Crippen molar-refractivity contribution in [2.45, 2.75) is 6.54 Å². The van der Waals surface area contributed by atoms with Crippen LogP contribution in [0.1, 0.15) is 10.5 Å². The van der Waals surface area contributed by atoms with Crippen molar-refractivity contribution < 1.29 is 4.79 Å². The zero-order chi connectivity index (χ0) is 14.7. The predicted octanol–water partition coefficient (Wildman–Crippen LogP) is 2.38. The lowest BCUT2D eigenvalue weighted by Gasteiger charge is -2.04. The Balaban J connectivity index is 1.64. The SMILES string of the molecule is Cn1nc(C(=O)NCCn2cccc2)cc1-c1cccs1. The van der Waals surface area contributed by atoms with Gasteiger partial charge in [0.2, 0.25) is 0 Å². The number of carbonyl (C=O) groups excluding carboxylic acids is 1. The Morgan fingerprint density at radius 3 is 2.86 bits per heavy atom. The number of amides is 1. The average molecular weight is 300 g/mol. The van der Waals surface area contributed by atoms with Gasteiger partial charge in [-0.05, 0) is 29.6 Å². The van der Waals surface area contributed by atoms with Gasteiger partial charge in [0.25, 0.3) is 5.91 Å². The molecule has 0 spiro atoms. The molecule has 1 N–H and O–H groups in total. The number of aromatic nitrogens is 3. The highest BCUT2D eigenvalue weighted by Crippen LogP contribution is 2.24. The van der Waals surface area contributed by atoms with Crippen LogP contribution in [0.5, 0.6) is 0 Å². The fourth-order valence-electron chi connectivity index (χ4n) is 2.14. The van der Waals surface area contributed by atoms with E-state index in [0.717, 1.165) is 17.1 Å². The van der Waals surface area contributed by atoms with Gasteiger partial charge in [-0.25, -0.2) is 0 Å². The Morgan fingerprint density at radius 2 is 2.14 bits per heavy atom. The first-order valence-electron chi connectivity index (χ1n) is 6.71. The molecular weight excluding hydrogens is 284 g/mol. The zero-order valence-electron chi connectivity index (χ0n) is 11.7. The number of aryl methyl sites for hydroxylation is 1. The third-order valence-electron chi connectivity index (χ3n) is 3.21. The number of hydrogen-bond donors (Lipinski definition) is 1. The topological polar surface area (TPSA) is 51.9 Å². The largest absolute Gasteiger partial charge is 0.353 e. The van der Waals surface area contributed by atoms with Gasteiger partial charge < -0.3 is 9.88 Å². The van der Waals surface area contributed by atoms with Gasteiger partial charge >= 0.3 is 0 Å². The van der Waals surface area contributed by atoms with Gasteiger partial charge in [0.1, 0.15) is 0 Å². The van der Waals surface area contributed by atoms with E-state index in [9.17, 15) is 4.79 Å². The van der Waals surface area contributed by atoms with Crippen molar-refractivity contribution in [3.63, 3.8) is 0 Å². The third-order valence-corrected chi connectivity index (χ3v) is 4.10. The molecule has 0 unspecified atom stereocenters. The van der Waals surface area contributed by atoms with Crippen LogP contribution in [0.25, 0.3) is 10.6 Å². The van der Waals surface area contributed by atoms with E-state index < -0.39 is 0 Å². The second kappa shape index (κ2) is 5.97. The maximum atomic E-state index is 12.1. The van der Waals surface area contributed by atoms with Crippen LogP contribution in [0.4, 0.5) is 0 Å². The van der Waals surface area contributed by atoms with Gasteiger partial charge in [0.15, 0.2) is 5.69 Å². The van der Waals surface area contributed by atoms with Gasteiger partial charge in [0.05, 0.1) is 10.6 Å². The Bertz CT molecular complexity index is 713. The Labute approximate surface area is 126 Å². The van der Waals surface area contributed by atoms with E-state index in [2.05, 4.69) is 10.4 Å². The van der Waals surface area contributed by atoms with Gasteiger partial charge in [0, 0.05) is 32.5 Å². The molecule has 0 fully saturated rings. The highest BCUT2D eigenvalue weighted by Gasteiger charge is 2.13. The first kappa shape index (κ1) is 13.6. The van der Waals surface area contributed by atoms with E-state index in [4.69, 9.17) is 0 Å². The van der Waals surface area contributed by atoms with Crippen LogP contribution >= 0.6 is 11.3 Å². The molecule has 3 heterocycles. The number of hydrogen-bond acceptors (Lipinski definition) is 3. The molecule has 0 saturated heterocycles. The van der Waals surface area contributed by atoms with E-state index >= 15 is 0 Å². The molecule has 0 bridgehead atoms. The first-order valence-corrected chi connectivity index (χ1v) is 7.59. The minimum atomic E-state index is -0.138. The van der Waals surface area contributed by atoms with Crippen molar-refractivity contribution >= 4 is 17.2 Å². The van der Waals surface area contributed by atoms with Crippen LogP contribution < -0.4 is 5.32 Å². The number of thiophene rings is 1. The lowest BCUT2D eigenvalue weighted by Crippen LogP contribution is -2.27. The monoisotopic (exact) mass is 300 g/mol. The second-order valence-electron chi connectivity index (χ2n) is 4.69. The summed E-state index contributed by atoms with van der Waals surface area (Å²) in [7, 11) is 1.85. The van der Waals surface area contributed by atoms with Gasteiger partial charge in [-0.15, -0.1) is 11.3 Å². The summed E-state index contributed by atoms with van der Waals surface area (Å²) < 4.78 is 3.77. The van der Waals surface area contributed by atoms with Crippen LogP contribution in [0, 0.1) is 0 Å². The average Bonchev–Trinajstić information content (AvgIpc) is 3.19. The summed E-state index contributed by atoms with van der Waals surface area (Å²) in [5.74, 6) is -0.138. The van der Waals surface area contributed by atoms with Crippen molar-refractivity contribution in [1.29, 1.82) is 0 Å². The summed E-state index contributed by atoms with van der Waals surface area (Å²) in [6, 6.07) is 9.78. The molecule has 6 heteroatoms. The van der Waals surface area contributed by atoms with Crippen LogP contribution in [0.15, 0.2) is 48.1 Å². The smallest absolute Gasteiger partial charge is 0.271 e. The minimum Gasteiger partial charge on any atom is -0.353 e. The van der Waals surface area contributed by atoms with Crippen LogP contribution in [-0.4, -0.2) is 26.8 Å². The van der Waals surface area contributed by atoms with Crippen molar-refractivity contribution in [2.24, 2.45) is 7.05 Å². The molecule has 21 heavy (non-hydrogen) atoms. The molecule has 0 aromatic carbocycles. The Hall–Kier alpha value is -2.34. The van der Waals surface area contributed by atoms with Crippen molar-refractivity contribution in [3.05, 3.63) is 53.8 Å². The van der Waals surface area contributed by atoms with Crippen LogP contribution in [-0.2, 0) is 13.6 Å². The molecule has 0 aliphatic carbocycles. The second-order valence-corrected chi connectivity index (χ2v) is 5.64. The Kier molecular flexibility index (Phi) is 3.87. The Morgan fingerprint density at radius 1 is 1.33 bits per heavy atom. The predicted molar refractivity (Wildman–Crippen MR) is 83.3 cm³/mol. The maximum absolute atomic E-state index is 12.1. The fraction of sp³-hybridized carbons (Fsp3) is 0.200. The van der Waals surface area contributed by atoms with E-state index in [1.165, 1.54) is 0 Å². The van der Waals surface area contributed by atoms with Gasteiger partial charge in [-0.2, -0.15) is 5.10 Å².